The largest absolute Gasteiger partial charge is 0.497 e. The molecule has 0 aliphatic heterocycles. The number of benzene rings is 1. The highest BCUT2D eigenvalue weighted by Gasteiger charge is 2.34. The van der Waals surface area contributed by atoms with E-state index in [2.05, 4.69) is 22.4 Å². The Kier molecular flexibility index (Phi) is 6.55. The average molecular weight is 382 g/mol. The number of rotatable bonds is 6. The summed E-state index contributed by atoms with van der Waals surface area (Å²) >= 11 is 0. The van der Waals surface area contributed by atoms with E-state index in [1.807, 2.05) is 44.3 Å². The molecule has 1 atom stereocenters. The second-order valence-corrected chi connectivity index (χ2v) is 7.77. The molecule has 1 fully saturated rings. The van der Waals surface area contributed by atoms with Gasteiger partial charge < -0.3 is 15.0 Å². The van der Waals surface area contributed by atoms with Gasteiger partial charge in [-0.05, 0) is 49.6 Å². The van der Waals surface area contributed by atoms with Crippen molar-refractivity contribution in [1.82, 2.24) is 15.2 Å². The first kappa shape index (κ1) is 20.2. The Bertz CT molecular complexity index is 755. The van der Waals surface area contributed by atoms with E-state index in [1.165, 1.54) is 24.8 Å². The smallest absolute Gasteiger partial charge is 0.317 e. The van der Waals surface area contributed by atoms with Gasteiger partial charge in [0.15, 0.2) is 0 Å². The van der Waals surface area contributed by atoms with Gasteiger partial charge in [0.1, 0.15) is 5.75 Å². The number of nitrogens with zero attached hydrogens (tertiary/aromatic N) is 2. The Morgan fingerprint density at radius 3 is 2.50 bits per heavy atom. The van der Waals surface area contributed by atoms with Crippen LogP contribution in [0.5, 0.6) is 5.75 Å². The van der Waals surface area contributed by atoms with E-state index in [1.54, 1.807) is 18.2 Å². The van der Waals surface area contributed by atoms with Crippen LogP contribution in [0.25, 0.3) is 0 Å². The van der Waals surface area contributed by atoms with Crippen LogP contribution in [0.15, 0.2) is 48.7 Å². The molecule has 0 radical (unpaired) electrons. The van der Waals surface area contributed by atoms with E-state index in [9.17, 15) is 4.79 Å². The first-order chi connectivity index (χ1) is 13.6. The molecule has 1 saturated carbocycles. The van der Waals surface area contributed by atoms with E-state index >= 15 is 0 Å². The van der Waals surface area contributed by atoms with Crippen molar-refractivity contribution in [3.05, 3.63) is 59.9 Å². The molecule has 150 valence electrons. The van der Waals surface area contributed by atoms with E-state index < -0.39 is 0 Å². The third kappa shape index (κ3) is 4.46. The van der Waals surface area contributed by atoms with Gasteiger partial charge in [-0.25, -0.2) is 4.79 Å². The van der Waals surface area contributed by atoms with E-state index in [4.69, 9.17) is 4.74 Å². The van der Waals surface area contributed by atoms with Gasteiger partial charge in [0, 0.05) is 25.2 Å². The lowest BCUT2D eigenvalue weighted by atomic mass is 9.69. The molecule has 2 amide bonds. The Labute approximate surface area is 168 Å². The van der Waals surface area contributed by atoms with Crippen molar-refractivity contribution in [2.45, 2.75) is 50.5 Å². The molecular weight excluding hydrogens is 350 g/mol. The number of methoxy groups -OCH3 is 1. The fourth-order valence-corrected chi connectivity index (χ4v) is 4.11. The van der Waals surface area contributed by atoms with E-state index in [0.717, 1.165) is 24.3 Å². The SMILES string of the molecule is COc1ccc(C2(CNC(=O)N(C)C(C)c3ccccn3)CCCCC2)cc1. The molecule has 1 aromatic heterocycles. The van der Waals surface area contributed by atoms with Crippen LogP contribution in [0, 0.1) is 0 Å². The monoisotopic (exact) mass is 381 g/mol. The molecular formula is C23H31N3O2. The molecule has 5 heteroatoms. The van der Waals surface area contributed by atoms with Crippen LogP contribution in [0.3, 0.4) is 0 Å². The predicted molar refractivity (Wildman–Crippen MR) is 112 cm³/mol. The molecule has 1 aliphatic rings. The molecule has 5 nitrogen and oxygen atoms in total. The number of urea groups is 1. The fraction of sp³-hybridized carbons (Fsp3) is 0.478. The zero-order chi connectivity index (χ0) is 20.0. The van der Waals surface area contributed by atoms with Crippen LogP contribution in [-0.2, 0) is 5.41 Å². The summed E-state index contributed by atoms with van der Waals surface area (Å²) in [4.78, 5) is 18.9. The number of ether oxygens (including phenoxy) is 1. The van der Waals surface area contributed by atoms with E-state index in [0.29, 0.717) is 6.54 Å². The zero-order valence-corrected chi connectivity index (χ0v) is 17.1. The molecule has 1 N–H and O–H groups in total. The van der Waals surface area contributed by atoms with Gasteiger partial charge in [0.25, 0.3) is 0 Å². The van der Waals surface area contributed by atoms with Gasteiger partial charge in [-0.1, -0.05) is 37.5 Å². The van der Waals surface area contributed by atoms with Gasteiger partial charge in [-0.3, -0.25) is 4.98 Å². The van der Waals surface area contributed by atoms with Crippen molar-refractivity contribution in [1.29, 1.82) is 0 Å². The molecule has 0 saturated heterocycles. The van der Waals surface area contributed by atoms with Crippen LogP contribution in [-0.4, -0.2) is 36.6 Å². The lowest BCUT2D eigenvalue weighted by molar-refractivity contribution is 0.186. The van der Waals surface area contributed by atoms with Crippen molar-refractivity contribution in [3.63, 3.8) is 0 Å². The summed E-state index contributed by atoms with van der Waals surface area (Å²) in [6.07, 6.45) is 7.61. The Morgan fingerprint density at radius 2 is 1.89 bits per heavy atom. The number of aromatic nitrogens is 1. The van der Waals surface area contributed by atoms with Gasteiger partial charge in [0.05, 0.1) is 18.8 Å². The van der Waals surface area contributed by atoms with Gasteiger partial charge in [0.2, 0.25) is 0 Å². The zero-order valence-electron chi connectivity index (χ0n) is 17.1. The fourth-order valence-electron chi connectivity index (χ4n) is 4.11. The third-order valence-corrected chi connectivity index (χ3v) is 6.11. The molecule has 2 aromatic rings. The Balaban J connectivity index is 1.70. The molecule has 1 aliphatic carbocycles. The standard InChI is InChI=1S/C23H31N3O2/c1-18(21-9-5-8-16-24-21)26(2)22(27)25-17-23(14-6-4-7-15-23)19-10-12-20(28-3)13-11-19/h5,8-13,16,18H,4,6-7,14-15,17H2,1-3H3,(H,25,27). The Morgan fingerprint density at radius 1 is 1.18 bits per heavy atom. The lowest BCUT2D eigenvalue weighted by Gasteiger charge is -2.39. The molecule has 0 spiro atoms. The van der Waals surface area contributed by atoms with Crippen molar-refractivity contribution in [2.75, 3.05) is 20.7 Å². The molecule has 3 rings (SSSR count). The van der Waals surface area contributed by atoms with Crippen LogP contribution in [0.1, 0.15) is 56.3 Å². The number of carbonyl (C=O) groups is 1. The maximum absolute atomic E-state index is 12.8. The topological polar surface area (TPSA) is 54.5 Å². The maximum atomic E-state index is 12.8. The summed E-state index contributed by atoms with van der Waals surface area (Å²) in [6, 6.07) is 14.0. The summed E-state index contributed by atoms with van der Waals surface area (Å²) in [5, 5.41) is 3.20. The molecule has 1 aromatic carbocycles. The van der Waals surface area contributed by atoms with Crippen molar-refractivity contribution < 1.29 is 9.53 Å². The normalized spacial score (nSPS) is 16.8. The minimum absolute atomic E-state index is 0.00471. The average Bonchev–Trinajstić information content (AvgIpc) is 2.77. The molecule has 28 heavy (non-hydrogen) atoms. The quantitative estimate of drug-likeness (QED) is 0.789. The number of amides is 2. The number of carbonyl (C=O) groups excluding carboxylic acids is 1. The highest BCUT2D eigenvalue weighted by Crippen LogP contribution is 2.39. The first-order valence-electron chi connectivity index (χ1n) is 10.1. The molecule has 1 heterocycles. The summed E-state index contributed by atoms with van der Waals surface area (Å²) < 4.78 is 5.31. The Hall–Kier alpha value is -2.56. The molecule has 1 unspecified atom stereocenters. The molecule has 0 bridgehead atoms. The minimum Gasteiger partial charge on any atom is -0.497 e. The third-order valence-electron chi connectivity index (χ3n) is 6.11. The summed E-state index contributed by atoms with van der Waals surface area (Å²) in [5.74, 6) is 0.864. The van der Waals surface area contributed by atoms with Crippen molar-refractivity contribution >= 4 is 6.03 Å². The second-order valence-electron chi connectivity index (χ2n) is 7.77. The highest BCUT2D eigenvalue weighted by molar-refractivity contribution is 5.74. The van der Waals surface area contributed by atoms with Crippen LogP contribution in [0.2, 0.25) is 0 Å². The highest BCUT2D eigenvalue weighted by atomic mass is 16.5. The van der Waals surface area contributed by atoms with E-state index in [-0.39, 0.29) is 17.5 Å². The van der Waals surface area contributed by atoms with Gasteiger partial charge >= 0.3 is 6.03 Å². The maximum Gasteiger partial charge on any atom is 0.317 e. The number of hydrogen-bond donors (Lipinski definition) is 1. The van der Waals surface area contributed by atoms with Crippen molar-refractivity contribution in [2.24, 2.45) is 0 Å². The van der Waals surface area contributed by atoms with Gasteiger partial charge in [-0.15, -0.1) is 0 Å². The number of nitrogens with one attached hydrogen (secondary N) is 1. The summed E-state index contributed by atoms with van der Waals surface area (Å²) in [6.45, 7) is 2.65. The summed E-state index contributed by atoms with van der Waals surface area (Å²) in [7, 11) is 3.51. The van der Waals surface area contributed by atoms with Gasteiger partial charge in [-0.2, -0.15) is 0 Å². The lowest BCUT2D eigenvalue weighted by Crippen LogP contribution is -2.46. The number of pyridine rings is 1. The summed E-state index contributed by atoms with van der Waals surface area (Å²) in [5.41, 5.74) is 2.17. The number of hydrogen-bond acceptors (Lipinski definition) is 3. The van der Waals surface area contributed by atoms with Crippen LogP contribution in [0.4, 0.5) is 4.79 Å². The second kappa shape index (κ2) is 9.09. The minimum atomic E-state index is -0.0792. The van der Waals surface area contributed by atoms with Crippen molar-refractivity contribution in [3.8, 4) is 5.75 Å². The van der Waals surface area contributed by atoms with Crippen LogP contribution < -0.4 is 10.1 Å². The predicted octanol–water partition coefficient (Wildman–Crippen LogP) is 4.69. The van der Waals surface area contributed by atoms with Crippen LogP contribution >= 0.6 is 0 Å². The first-order valence-corrected chi connectivity index (χ1v) is 10.1.